The summed E-state index contributed by atoms with van der Waals surface area (Å²) in [4.78, 5) is 12.7. The molecule has 0 saturated carbocycles. The quantitative estimate of drug-likeness (QED) is 0.741. The van der Waals surface area contributed by atoms with Gasteiger partial charge in [-0.15, -0.1) is 0 Å². The number of carbonyl (C=O) groups excluding carboxylic acids is 1. The van der Waals surface area contributed by atoms with Gasteiger partial charge in [-0.3, -0.25) is 0 Å². The van der Waals surface area contributed by atoms with E-state index in [0.717, 1.165) is 36.1 Å². The van der Waals surface area contributed by atoms with Crippen LogP contribution < -0.4 is 5.32 Å². The van der Waals surface area contributed by atoms with E-state index in [4.69, 9.17) is 16.3 Å². The van der Waals surface area contributed by atoms with Crippen molar-refractivity contribution in [3.05, 3.63) is 57.4 Å². The largest absolute Gasteiger partial charge is 0.463 e. The van der Waals surface area contributed by atoms with E-state index in [2.05, 4.69) is 19.2 Å². The molecule has 1 N–H and O–H groups in total. The molecule has 1 aliphatic heterocycles. The van der Waals surface area contributed by atoms with Crippen molar-refractivity contribution in [1.82, 2.24) is 5.32 Å². The number of benzene rings is 1. The Morgan fingerprint density at radius 3 is 2.64 bits per heavy atom. The molecule has 0 aromatic heterocycles. The smallest absolute Gasteiger partial charge is 0.336 e. The lowest BCUT2D eigenvalue weighted by molar-refractivity contribution is -0.138. The molecule has 0 saturated heterocycles. The molecule has 25 heavy (non-hydrogen) atoms. The summed E-state index contributed by atoms with van der Waals surface area (Å²) in [5.41, 5.74) is 5.58. The van der Waals surface area contributed by atoms with E-state index < -0.39 is 0 Å². The molecule has 0 radical (unpaired) electrons. The molecular formula is C21H26ClNO2. The van der Waals surface area contributed by atoms with E-state index in [-0.39, 0.29) is 17.3 Å². The second-order valence-electron chi connectivity index (χ2n) is 7.71. The van der Waals surface area contributed by atoms with Crippen LogP contribution in [0.2, 0.25) is 5.02 Å². The van der Waals surface area contributed by atoms with Crippen molar-refractivity contribution in [2.45, 2.75) is 52.9 Å². The molecule has 1 aromatic carbocycles. The van der Waals surface area contributed by atoms with Gasteiger partial charge in [0.25, 0.3) is 0 Å². The van der Waals surface area contributed by atoms with Gasteiger partial charge >= 0.3 is 5.97 Å². The molecule has 0 fully saturated rings. The normalized spacial score (nSPS) is 22.4. The Labute approximate surface area is 155 Å². The fourth-order valence-corrected chi connectivity index (χ4v) is 4.06. The van der Waals surface area contributed by atoms with Crippen molar-refractivity contribution >= 4 is 17.6 Å². The van der Waals surface area contributed by atoms with Gasteiger partial charge in [-0.25, -0.2) is 4.79 Å². The van der Waals surface area contributed by atoms with Gasteiger partial charge in [0, 0.05) is 22.3 Å². The number of nitrogens with one attached hydrogen (secondary N) is 1. The van der Waals surface area contributed by atoms with Gasteiger partial charge in [0.2, 0.25) is 0 Å². The van der Waals surface area contributed by atoms with Crippen LogP contribution in [0.4, 0.5) is 0 Å². The zero-order valence-electron chi connectivity index (χ0n) is 15.4. The average Bonchev–Trinajstić information content (AvgIpc) is 2.53. The number of hydrogen-bond acceptors (Lipinski definition) is 3. The van der Waals surface area contributed by atoms with Gasteiger partial charge in [0.15, 0.2) is 0 Å². The number of carbonyl (C=O) groups is 1. The number of ether oxygens (including phenoxy) is 1. The number of dihydropyridines is 1. The number of rotatable bonds is 3. The van der Waals surface area contributed by atoms with E-state index in [1.165, 1.54) is 11.3 Å². The summed E-state index contributed by atoms with van der Waals surface area (Å²) < 4.78 is 5.36. The van der Waals surface area contributed by atoms with Crippen LogP contribution in [0.3, 0.4) is 0 Å². The Hall–Kier alpha value is -1.74. The first-order chi connectivity index (χ1) is 11.8. The lowest BCUT2D eigenvalue weighted by Crippen LogP contribution is -2.34. The summed E-state index contributed by atoms with van der Waals surface area (Å²) in [6.45, 7) is 8.79. The molecule has 3 rings (SSSR count). The SMILES string of the molecule is CCOC(=O)C1=C(C)NC2=C(CCC(C)(C)C2)C1c1ccc(Cl)cc1. The van der Waals surface area contributed by atoms with Crippen LogP contribution in [0.5, 0.6) is 0 Å². The van der Waals surface area contributed by atoms with Crippen LogP contribution in [-0.2, 0) is 9.53 Å². The number of halogens is 1. The third kappa shape index (κ3) is 3.62. The van der Waals surface area contributed by atoms with Gasteiger partial charge in [-0.1, -0.05) is 37.6 Å². The average molecular weight is 360 g/mol. The second kappa shape index (κ2) is 6.87. The number of hydrogen-bond donors (Lipinski definition) is 1. The maximum absolute atomic E-state index is 12.7. The van der Waals surface area contributed by atoms with Gasteiger partial charge in [0.1, 0.15) is 0 Å². The first kappa shape index (κ1) is 18.1. The van der Waals surface area contributed by atoms with Crippen LogP contribution >= 0.6 is 11.6 Å². The van der Waals surface area contributed by atoms with Gasteiger partial charge in [-0.05, 0) is 61.8 Å². The predicted octanol–water partition coefficient (Wildman–Crippen LogP) is 5.33. The maximum Gasteiger partial charge on any atom is 0.336 e. The molecule has 1 unspecified atom stereocenters. The van der Waals surface area contributed by atoms with Gasteiger partial charge in [0.05, 0.1) is 12.2 Å². The fraction of sp³-hybridized carbons (Fsp3) is 0.476. The van der Waals surface area contributed by atoms with E-state index in [1.54, 1.807) is 0 Å². The minimum absolute atomic E-state index is 0.0522. The van der Waals surface area contributed by atoms with Gasteiger partial charge < -0.3 is 10.1 Å². The molecule has 1 aliphatic carbocycles. The van der Waals surface area contributed by atoms with Crippen molar-refractivity contribution in [2.75, 3.05) is 6.61 Å². The summed E-state index contributed by atoms with van der Waals surface area (Å²) in [6.07, 6.45) is 3.10. The molecule has 2 aliphatic rings. The molecule has 134 valence electrons. The van der Waals surface area contributed by atoms with Crippen LogP contribution in [0.15, 0.2) is 46.8 Å². The Morgan fingerprint density at radius 2 is 2.00 bits per heavy atom. The predicted molar refractivity (Wildman–Crippen MR) is 101 cm³/mol. The molecule has 4 heteroatoms. The van der Waals surface area contributed by atoms with E-state index in [0.29, 0.717) is 11.6 Å². The minimum Gasteiger partial charge on any atom is -0.463 e. The fourth-order valence-electron chi connectivity index (χ4n) is 3.93. The zero-order chi connectivity index (χ0) is 18.2. The summed E-state index contributed by atoms with van der Waals surface area (Å²) >= 11 is 6.07. The zero-order valence-corrected chi connectivity index (χ0v) is 16.2. The molecule has 0 bridgehead atoms. The highest BCUT2D eigenvalue weighted by Gasteiger charge is 2.38. The summed E-state index contributed by atoms with van der Waals surface area (Å²) in [5.74, 6) is -0.285. The van der Waals surface area contributed by atoms with Crippen molar-refractivity contribution in [2.24, 2.45) is 5.41 Å². The molecule has 0 amide bonds. The Morgan fingerprint density at radius 1 is 1.32 bits per heavy atom. The maximum atomic E-state index is 12.7. The lowest BCUT2D eigenvalue weighted by Gasteiger charge is -2.40. The highest BCUT2D eigenvalue weighted by atomic mass is 35.5. The molecule has 1 heterocycles. The lowest BCUT2D eigenvalue weighted by atomic mass is 9.69. The highest BCUT2D eigenvalue weighted by molar-refractivity contribution is 6.30. The van der Waals surface area contributed by atoms with Crippen molar-refractivity contribution < 1.29 is 9.53 Å². The number of esters is 1. The van der Waals surface area contributed by atoms with Crippen molar-refractivity contribution in [3.8, 4) is 0 Å². The molecule has 3 nitrogen and oxygen atoms in total. The van der Waals surface area contributed by atoms with Crippen LogP contribution in [-0.4, -0.2) is 12.6 Å². The Balaban J connectivity index is 2.10. The monoisotopic (exact) mass is 359 g/mol. The second-order valence-corrected chi connectivity index (χ2v) is 8.15. The molecular weight excluding hydrogens is 334 g/mol. The van der Waals surface area contributed by atoms with Crippen molar-refractivity contribution in [1.29, 1.82) is 0 Å². The number of allylic oxidation sites excluding steroid dienone is 3. The third-order valence-corrected chi connectivity index (χ3v) is 5.44. The summed E-state index contributed by atoms with van der Waals surface area (Å²) in [7, 11) is 0. The first-order valence-corrected chi connectivity index (χ1v) is 9.32. The molecule has 1 atom stereocenters. The Kier molecular flexibility index (Phi) is 4.97. The highest BCUT2D eigenvalue weighted by Crippen LogP contribution is 2.48. The third-order valence-electron chi connectivity index (χ3n) is 5.19. The van der Waals surface area contributed by atoms with Crippen LogP contribution in [0.1, 0.15) is 58.4 Å². The standard InChI is InChI=1S/C21H26ClNO2/c1-5-25-20(24)18-13(2)23-17-12-21(3,4)11-10-16(17)19(18)14-6-8-15(22)9-7-14/h6-9,19,23H,5,10-12H2,1-4H3. The van der Waals surface area contributed by atoms with Crippen LogP contribution in [0.25, 0.3) is 0 Å². The molecule has 0 spiro atoms. The first-order valence-electron chi connectivity index (χ1n) is 8.94. The Bertz CT molecular complexity index is 744. The van der Waals surface area contributed by atoms with Crippen LogP contribution in [0, 0.1) is 5.41 Å². The minimum atomic E-state index is -0.233. The van der Waals surface area contributed by atoms with E-state index >= 15 is 0 Å². The molecule has 1 aromatic rings. The van der Waals surface area contributed by atoms with E-state index in [1.807, 2.05) is 38.1 Å². The topological polar surface area (TPSA) is 38.3 Å². The summed E-state index contributed by atoms with van der Waals surface area (Å²) in [5, 5.41) is 4.21. The van der Waals surface area contributed by atoms with E-state index in [9.17, 15) is 4.79 Å². The van der Waals surface area contributed by atoms with Gasteiger partial charge in [-0.2, -0.15) is 0 Å². The van der Waals surface area contributed by atoms with Crippen molar-refractivity contribution in [3.63, 3.8) is 0 Å². The summed E-state index contributed by atoms with van der Waals surface area (Å²) in [6, 6.07) is 7.83.